The van der Waals surface area contributed by atoms with Crippen LogP contribution in [-0.2, 0) is 14.3 Å². The van der Waals surface area contributed by atoms with Gasteiger partial charge < -0.3 is 9.47 Å². The first-order valence-corrected chi connectivity index (χ1v) is 5.35. The zero-order valence-electron chi connectivity index (χ0n) is 8.75. The maximum absolute atomic E-state index is 11.2. The molecule has 0 aliphatic carbocycles. The first-order chi connectivity index (χ1) is 6.04. The number of carbonyl (C=O) groups excluding carboxylic acids is 1. The Bertz CT molecular complexity index is 157. The summed E-state index contributed by atoms with van der Waals surface area (Å²) >= 11 is 1.70. The molecule has 0 aliphatic rings. The molecule has 0 rings (SSSR count). The maximum atomic E-state index is 11.2. The molecule has 0 unspecified atom stereocenters. The lowest BCUT2D eigenvalue weighted by Crippen LogP contribution is -2.28. The van der Waals surface area contributed by atoms with Crippen molar-refractivity contribution in [1.82, 2.24) is 0 Å². The van der Waals surface area contributed by atoms with Gasteiger partial charge in [-0.1, -0.05) is 0 Å². The summed E-state index contributed by atoms with van der Waals surface area (Å²) in [5, 5.41) is 0. The molecule has 3 nitrogen and oxygen atoms in total. The zero-order chi connectivity index (χ0) is 10.3. The molecular weight excluding hydrogens is 188 g/mol. The number of esters is 1. The predicted molar refractivity (Wildman–Crippen MR) is 55.0 cm³/mol. The lowest BCUT2D eigenvalue weighted by atomic mass is 9.97. The van der Waals surface area contributed by atoms with Gasteiger partial charge in [0.05, 0.1) is 19.1 Å². The Labute approximate surface area is 84.2 Å². The third-order valence-electron chi connectivity index (χ3n) is 1.63. The van der Waals surface area contributed by atoms with Gasteiger partial charge in [-0.2, -0.15) is 11.8 Å². The average Bonchev–Trinajstić information content (AvgIpc) is 2.11. The fourth-order valence-corrected chi connectivity index (χ4v) is 1.86. The van der Waals surface area contributed by atoms with Crippen molar-refractivity contribution in [2.24, 2.45) is 5.41 Å². The van der Waals surface area contributed by atoms with E-state index in [9.17, 15) is 4.79 Å². The van der Waals surface area contributed by atoms with E-state index in [1.807, 2.05) is 13.8 Å². The third kappa shape index (κ3) is 5.16. The van der Waals surface area contributed by atoms with Gasteiger partial charge in [0.1, 0.15) is 0 Å². The molecule has 0 bridgehead atoms. The summed E-state index contributed by atoms with van der Waals surface area (Å²) in [6.07, 6.45) is 0. The van der Waals surface area contributed by atoms with Gasteiger partial charge in [-0.15, -0.1) is 0 Å². The highest BCUT2D eigenvalue weighted by Crippen LogP contribution is 2.22. The second-order valence-electron chi connectivity index (χ2n) is 3.42. The van der Waals surface area contributed by atoms with Crippen LogP contribution in [0.1, 0.15) is 13.8 Å². The third-order valence-corrected chi connectivity index (χ3v) is 3.01. The molecular formula is C9H18O3S. The summed E-state index contributed by atoms with van der Waals surface area (Å²) in [6, 6.07) is 0. The van der Waals surface area contributed by atoms with Crippen molar-refractivity contribution in [2.45, 2.75) is 13.8 Å². The first kappa shape index (κ1) is 12.8. The van der Waals surface area contributed by atoms with Crippen LogP contribution in [0.5, 0.6) is 0 Å². The molecule has 4 heteroatoms. The van der Waals surface area contributed by atoms with Crippen molar-refractivity contribution < 1.29 is 14.3 Å². The summed E-state index contributed by atoms with van der Waals surface area (Å²) in [5.41, 5.74) is -0.396. The van der Waals surface area contributed by atoms with Crippen molar-refractivity contribution >= 4 is 17.7 Å². The highest BCUT2D eigenvalue weighted by molar-refractivity contribution is 7.99. The van der Waals surface area contributed by atoms with Gasteiger partial charge in [0, 0.05) is 18.6 Å². The molecule has 0 aliphatic heterocycles. The number of thioether (sulfide) groups is 1. The zero-order valence-corrected chi connectivity index (χ0v) is 9.57. The van der Waals surface area contributed by atoms with Crippen molar-refractivity contribution in [1.29, 1.82) is 0 Å². The van der Waals surface area contributed by atoms with Crippen molar-refractivity contribution in [3.63, 3.8) is 0 Å². The van der Waals surface area contributed by atoms with Crippen LogP contribution in [0.25, 0.3) is 0 Å². The van der Waals surface area contributed by atoms with Crippen LogP contribution >= 0.6 is 11.8 Å². The fraction of sp³-hybridized carbons (Fsp3) is 0.889. The van der Waals surface area contributed by atoms with E-state index >= 15 is 0 Å². The molecule has 0 fully saturated rings. The summed E-state index contributed by atoms with van der Waals surface area (Å²) in [7, 11) is 3.09. The SMILES string of the molecule is COCCSCC(C)(C)C(=O)OC. The molecule has 78 valence electrons. The highest BCUT2D eigenvalue weighted by atomic mass is 32.2. The first-order valence-electron chi connectivity index (χ1n) is 4.19. The van der Waals surface area contributed by atoms with E-state index in [0.717, 1.165) is 18.1 Å². The molecule has 0 spiro atoms. The van der Waals surface area contributed by atoms with Gasteiger partial charge in [0.25, 0.3) is 0 Å². The molecule has 0 saturated heterocycles. The second-order valence-corrected chi connectivity index (χ2v) is 4.53. The van der Waals surface area contributed by atoms with E-state index in [1.54, 1.807) is 18.9 Å². The monoisotopic (exact) mass is 206 g/mol. The number of methoxy groups -OCH3 is 2. The van der Waals surface area contributed by atoms with Crippen LogP contribution in [0, 0.1) is 5.41 Å². The Balaban J connectivity index is 3.69. The number of ether oxygens (including phenoxy) is 2. The minimum absolute atomic E-state index is 0.155. The standard InChI is InChI=1S/C9H18O3S/c1-9(2,8(10)12-4)7-13-6-5-11-3/h5-7H2,1-4H3. The normalized spacial score (nSPS) is 11.4. The fourth-order valence-electron chi connectivity index (χ4n) is 0.805. The minimum Gasteiger partial charge on any atom is -0.469 e. The van der Waals surface area contributed by atoms with E-state index in [1.165, 1.54) is 7.11 Å². The minimum atomic E-state index is -0.396. The summed E-state index contributed by atoms with van der Waals surface area (Å²) in [5.74, 6) is 1.53. The van der Waals surface area contributed by atoms with E-state index in [2.05, 4.69) is 4.74 Å². The molecule has 0 amide bonds. The van der Waals surface area contributed by atoms with E-state index in [0.29, 0.717) is 0 Å². The molecule has 0 heterocycles. The molecule has 0 aromatic heterocycles. The van der Waals surface area contributed by atoms with Gasteiger partial charge in [0.2, 0.25) is 0 Å². The number of hydrogen-bond acceptors (Lipinski definition) is 4. The second kappa shape index (κ2) is 6.27. The molecule has 13 heavy (non-hydrogen) atoms. The van der Waals surface area contributed by atoms with Crippen LogP contribution in [-0.4, -0.2) is 38.3 Å². The van der Waals surface area contributed by atoms with Crippen molar-refractivity contribution in [3.8, 4) is 0 Å². The van der Waals surface area contributed by atoms with Crippen LogP contribution < -0.4 is 0 Å². The van der Waals surface area contributed by atoms with Crippen LogP contribution in [0.3, 0.4) is 0 Å². The Morgan fingerprint density at radius 3 is 2.46 bits per heavy atom. The number of hydrogen-bond donors (Lipinski definition) is 0. The smallest absolute Gasteiger partial charge is 0.312 e. The molecule has 0 radical (unpaired) electrons. The van der Waals surface area contributed by atoms with Gasteiger partial charge >= 0.3 is 5.97 Å². The predicted octanol–water partition coefficient (Wildman–Crippen LogP) is 1.57. The highest BCUT2D eigenvalue weighted by Gasteiger charge is 2.28. The molecule has 0 saturated carbocycles. The van der Waals surface area contributed by atoms with E-state index in [-0.39, 0.29) is 5.97 Å². The van der Waals surface area contributed by atoms with Crippen LogP contribution in [0.4, 0.5) is 0 Å². The summed E-state index contributed by atoms with van der Waals surface area (Å²) in [4.78, 5) is 11.2. The lowest BCUT2D eigenvalue weighted by Gasteiger charge is -2.20. The average molecular weight is 206 g/mol. The van der Waals surface area contributed by atoms with Gasteiger partial charge in [-0.25, -0.2) is 0 Å². The molecule has 0 atom stereocenters. The largest absolute Gasteiger partial charge is 0.469 e. The molecule has 0 aromatic rings. The Morgan fingerprint density at radius 2 is 2.00 bits per heavy atom. The Morgan fingerprint density at radius 1 is 1.38 bits per heavy atom. The quantitative estimate of drug-likeness (QED) is 0.488. The Hall–Kier alpha value is -0.220. The van der Waals surface area contributed by atoms with Crippen LogP contribution in [0.2, 0.25) is 0 Å². The maximum Gasteiger partial charge on any atom is 0.312 e. The van der Waals surface area contributed by atoms with Gasteiger partial charge in [-0.05, 0) is 13.8 Å². The van der Waals surface area contributed by atoms with Gasteiger partial charge in [0.15, 0.2) is 0 Å². The van der Waals surface area contributed by atoms with Gasteiger partial charge in [-0.3, -0.25) is 4.79 Å². The van der Waals surface area contributed by atoms with Crippen molar-refractivity contribution in [2.75, 3.05) is 32.3 Å². The molecule has 0 aromatic carbocycles. The summed E-state index contributed by atoms with van der Waals surface area (Å²) in [6.45, 7) is 4.50. The lowest BCUT2D eigenvalue weighted by molar-refractivity contribution is -0.149. The summed E-state index contributed by atoms with van der Waals surface area (Å²) < 4.78 is 9.59. The number of carbonyl (C=O) groups is 1. The topological polar surface area (TPSA) is 35.5 Å². The van der Waals surface area contributed by atoms with Crippen LogP contribution in [0.15, 0.2) is 0 Å². The van der Waals surface area contributed by atoms with Crippen molar-refractivity contribution in [3.05, 3.63) is 0 Å². The Kier molecular flexibility index (Phi) is 6.16. The van der Waals surface area contributed by atoms with E-state index in [4.69, 9.17) is 4.74 Å². The number of rotatable bonds is 6. The van der Waals surface area contributed by atoms with E-state index < -0.39 is 5.41 Å². The molecule has 0 N–H and O–H groups in total.